The topological polar surface area (TPSA) is 35.5 Å². The molecule has 0 bridgehead atoms. The van der Waals surface area contributed by atoms with E-state index < -0.39 is 0 Å². The number of esters is 1. The van der Waals surface area contributed by atoms with Crippen molar-refractivity contribution in [1.82, 2.24) is 0 Å². The van der Waals surface area contributed by atoms with Gasteiger partial charge in [0.05, 0.1) is 11.7 Å². The Balaban J connectivity index is 1.88. The molecule has 3 heteroatoms. The summed E-state index contributed by atoms with van der Waals surface area (Å²) in [5.41, 5.74) is 0.495. The van der Waals surface area contributed by atoms with Gasteiger partial charge in [-0.3, -0.25) is 0 Å². The fourth-order valence-electron chi connectivity index (χ4n) is 2.41. The molecule has 2 rings (SSSR count). The molecule has 0 aliphatic heterocycles. The van der Waals surface area contributed by atoms with Gasteiger partial charge < -0.3 is 9.47 Å². The molecule has 0 amide bonds. The van der Waals surface area contributed by atoms with E-state index in [4.69, 9.17) is 9.47 Å². The summed E-state index contributed by atoms with van der Waals surface area (Å²) in [6.07, 6.45) is 0.906. The molecule has 110 valence electrons. The monoisotopic (exact) mass is 276 g/mol. The number of benzene rings is 1. The molecule has 1 aliphatic carbocycles. The van der Waals surface area contributed by atoms with Crippen molar-refractivity contribution in [3.8, 4) is 0 Å². The standard InChI is InChI=1S/C17H24O3/c1-12(2)11-19-14-10-15(17(14,3)4)20-16(18)13-8-6-5-7-9-13/h5-9,12,14-15H,10-11H2,1-4H3/t14-,15+/m1/s1. The number of hydrogen-bond donors (Lipinski definition) is 0. The molecule has 0 radical (unpaired) electrons. The van der Waals surface area contributed by atoms with Crippen LogP contribution < -0.4 is 0 Å². The van der Waals surface area contributed by atoms with Gasteiger partial charge in [-0.05, 0) is 18.1 Å². The normalized spacial score (nSPS) is 24.2. The zero-order valence-electron chi connectivity index (χ0n) is 12.8. The van der Waals surface area contributed by atoms with Crippen LogP contribution in [0.15, 0.2) is 30.3 Å². The quantitative estimate of drug-likeness (QED) is 0.770. The molecule has 20 heavy (non-hydrogen) atoms. The van der Waals surface area contributed by atoms with E-state index >= 15 is 0 Å². The van der Waals surface area contributed by atoms with Crippen LogP contribution in [0.2, 0.25) is 0 Å². The average Bonchev–Trinajstić information content (AvgIpc) is 2.42. The lowest BCUT2D eigenvalue weighted by Crippen LogP contribution is -2.56. The first kappa shape index (κ1) is 15.0. The predicted molar refractivity (Wildman–Crippen MR) is 78.6 cm³/mol. The Labute approximate surface area is 121 Å². The number of carbonyl (C=O) groups excluding carboxylic acids is 1. The Bertz CT molecular complexity index is 451. The highest BCUT2D eigenvalue weighted by Gasteiger charge is 2.51. The Kier molecular flexibility index (Phi) is 4.48. The summed E-state index contributed by atoms with van der Waals surface area (Å²) in [5, 5.41) is 0. The van der Waals surface area contributed by atoms with E-state index in [0.717, 1.165) is 13.0 Å². The van der Waals surface area contributed by atoms with Gasteiger partial charge >= 0.3 is 5.97 Å². The molecule has 1 aromatic rings. The second kappa shape index (κ2) is 5.96. The maximum atomic E-state index is 12.0. The van der Waals surface area contributed by atoms with Gasteiger partial charge in [-0.2, -0.15) is 0 Å². The van der Waals surface area contributed by atoms with E-state index in [1.165, 1.54) is 0 Å². The van der Waals surface area contributed by atoms with E-state index in [0.29, 0.717) is 11.5 Å². The molecule has 1 aromatic carbocycles. The fourth-order valence-corrected chi connectivity index (χ4v) is 2.41. The number of rotatable bonds is 5. The summed E-state index contributed by atoms with van der Waals surface area (Å²) >= 11 is 0. The molecule has 1 saturated carbocycles. The number of ether oxygens (including phenoxy) is 2. The Morgan fingerprint density at radius 3 is 2.45 bits per heavy atom. The van der Waals surface area contributed by atoms with Gasteiger partial charge in [0, 0.05) is 18.4 Å². The van der Waals surface area contributed by atoms with Gasteiger partial charge in [-0.25, -0.2) is 4.79 Å². The molecule has 3 nitrogen and oxygen atoms in total. The van der Waals surface area contributed by atoms with Gasteiger partial charge in [0.2, 0.25) is 0 Å². The second-order valence-electron chi connectivity index (χ2n) is 6.53. The van der Waals surface area contributed by atoms with Crippen molar-refractivity contribution in [3.63, 3.8) is 0 Å². The Morgan fingerprint density at radius 2 is 1.90 bits per heavy atom. The first-order chi connectivity index (χ1) is 9.41. The van der Waals surface area contributed by atoms with Gasteiger partial charge in [-0.15, -0.1) is 0 Å². The van der Waals surface area contributed by atoms with Crippen LogP contribution in [0.1, 0.15) is 44.5 Å². The third kappa shape index (κ3) is 3.21. The zero-order valence-corrected chi connectivity index (χ0v) is 12.8. The summed E-state index contributed by atoms with van der Waals surface area (Å²) < 4.78 is 11.5. The van der Waals surface area contributed by atoms with Crippen molar-refractivity contribution in [1.29, 1.82) is 0 Å². The van der Waals surface area contributed by atoms with Crippen LogP contribution in [-0.4, -0.2) is 24.8 Å². The lowest BCUT2D eigenvalue weighted by Gasteiger charge is -2.50. The van der Waals surface area contributed by atoms with Gasteiger partial charge in [0.1, 0.15) is 6.10 Å². The second-order valence-corrected chi connectivity index (χ2v) is 6.53. The minimum atomic E-state index is -0.244. The smallest absolute Gasteiger partial charge is 0.338 e. The van der Waals surface area contributed by atoms with Crippen molar-refractivity contribution >= 4 is 5.97 Å². The molecule has 1 aliphatic rings. The van der Waals surface area contributed by atoms with Gasteiger partial charge in [-0.1, -0.05) is 45.9 Å². The van der Waals surface area contributed by atoms with Gasteiger partial charge in [0.15, 0.2) is 0 Å². The number of carbonyl (C=O) groups is 1. The van der Waals surface area contributed by atoms with Crippen LogP contribution in [0.25, 0.3) is 0 Å². The maximum Gasteiger partial charge on any atom is 0.338 e. The van der Waals surface area contributed by atoms with E-state index in [1.54, 1.807) is 12.1 Å². The summed E-state index contributed by atoms with van der Waals surface area (Å²) in [6.45, 7) is 9.24. The van der Waals surface area contributed by atoms with E-state index in [-0.39, 0.29) is 23.6 Å². The summed E-state index contributed by atoms with van der Waals surface area (Å²) in [6, 6.07) is 9.13. The molecule has 0 saturated heterocycles. The first-order valence-electron chi connectivity index (χ1n) is 7.29. The van der Waals surface area contributed by atoms with Crippen LogP contribution in [-0.2, 0) is 9.47 Å². The third-order valence-electron chi connectivity index (χ3n) is 3.98. The largest absolute Gasteiger partial charge is 0.458 e. The molecule has 0 heterocycles. The van der Waals surface area contributed by atoms with E-state index in [9.17, 15) is 4.79 Å². The summed E-state index contributed by atoms with van der Waals surface area (Å²) in [4.78, 5) is 12.0. The van der Waals surface area contributed by atoms with Crippen LogP contribution in [0.3, 0.4) is 0 Å². The van der Waals surface area contributed by atoms with Crippen LogP contribution in [0.5, 0.6) is 0 Å². The molecular formula is C17H24O3. The predicted octanol–water partition coefficient (Wildman–Crippen LogP) is 3.68. The van der Waals surface area contributed by atoms with Crippen LogP contribution in [0.4, 0.5) is 0 Å². The SMILES string of the molecule is CC(C)CO[C@@H]1C[C@H](OC(=O)c2ccccc2)C1(C)C. The number of hydrogen-bond acceptors (Lipinski definition) is 3. The lowest BCUT2D eigenvalue weighted by atomic mass is 9.66. The molecule has 0 N–H and O–H groups in total. The molecule has 1 fully saturated rings. The average molecular weight is 276 g/mol. The van der Waals surface area contributed by atoms with E-state index in [1.807, 2.05) is 18.2 Å². The first-order valence-corrected chi connectivity index (χ1v) is 7.29. The summed E-state index contributed by atoms with van der Waals surface area (Å²) in [7, 11) is 0. The highest BCUT2D eigenvalue weighted by atomic mass is 16.6. The van der Waals surface area contributed by atoms with Gasteiger partial charge in [0.25, 0.3) is 0 Å². The molecular weight excluding hydrogens is 252 g/mol. The minimum absolute atomic E-state index is 0.0626. The van der Waals surface area contributed by atoms with Crippen molar-refractivity contribution < 1.29 is 14.3 Å². The zero-order chi connectivity index (χ0) is 14.8. The Morgan fingerprint density at radius 1 is 1.25 bits per heavy atom. The maximum absolute atomic E-state index is 12.0. The molecule has 0 aromatic heterocycles. The van der Waals surface area contributed by atoms with Crippen LogP contribution >= 0.6 is 0 Å². The molecule has 0 spiro atoms. The minimum Gasteiger partial charge on any atom is -0.458 e. The van der Waals surface area contributed by atoms with Crippen LogP contribution in [0, 0.1) is 11.3 Å². The summed E-state index contributed by atoms with van der Waals surface area (Å²) in [5.74, 6) is 0.280. The van der Waals surface area contributed by atoms with Crippen molar-refractivity contribution in [2.24, 2.45) is 11.3 Å². The molecule has 2 atom stereocenters. The highest BCUT2D eigenvalue weighted by molar-refractivity contribution is 5.89. The molecule has 0 unspecified atom stereocenters. The van der Waals surface area contributed by atoms with Crippen molar-refractivity contribution in [2.75, 3.05) is 6.61 Å². The Hall–Kier alpha value is -1.35. The highest BCUT2D eigenvalue weighted by Crippen LogP contribution is 2.45. The fraction of sp³-hybridized carbons (Fsp3) is 0.588. The third-order valence-corrected chi connectivity index (χ3v) is 3.98. The van der Waals surface area contributed by atoms with E-state index in [2.05, 4.69) is 27.7 Å². The van der Waals surface area contributed by atoms with Crippen molar-refractivity contribution in [2.45, 2.75) is 46.3 Å². The van der Waals surface area contributed by atoms with Crippen molar-refractivity contribution in [3.05, 3.63) is 35.9 Å². The lowest BCUT2D eigenvalue weighted by molar-refractivity contribution is -0.180.